The van der Waals surface area contributed by atoms with Gasteiger partial charge in [0.1, 0.15) is 11.5 Å². The van der Waals surface area contributed by atoms with Crippen molar-refractivity contribution in [2.75, 3.05) is 19.4 Å². The molecule has 1 aromatic heterocycles. The van der Waals surface area contributed by atoms with Crippen LogP contribution in [0.2, 0.25) is 0 Å². The van der Waals surface area contributed by atoms with Crippen molar-refractivity contribution in [3.8, 4) is 5.75 Å². The number of nitrogens with zero attached hydrogens (tertiary/aromatic N) is 2. The highest BCUT2D eigenvalue weighted by Crippen LogP contribution is 2.26. The monoisotopic (exact) mass is 406 g/mol. The summed E-state index contributed by atoms with van der Waals surface area (Å²) in [5.74, 6) is 0.707. The minimum Gasteiger partial charge on any atom is -0.497 e. The van der Waals surface area contributed by atoms with Crippen LogP contribution in [0.3, 0.4) is 0 Å². The average molecular weight is 406 g/mol. The number of sulfonamides is 1. The molecule has 0 spiro atoms. The second-order valence-corrected chi connectivity index (χ2v) is 8.44. The minimum absolute atomic E-state index is 0.184. The highest BCUT2D eigenvalue weighted by molar-refractivity contribution is 7.89. The number of hydrogen-bond donors (Lipinski definition) is 1. The topological polar surface area (TPSA) is 100 Å². The van der Waals surface area contributed by atoms with Crippen LogP contribution in [-0.4, -0.2) is 54.9 Å². The van der Waals surface area contributed by atoms with Gasteiger partial charge in [-0.15, -0.1) is 0 Å². The molecule has 9 heteroatoms. The van der Waals surface area contributed by atoms with E-state index in [1.807, 2.05) is 18.2 Å². The van der Waals surface area contributed by atoms with Gasteiger partial charge in [0.25, 0.3) is 0 Å². The van der Waals surface area contributed by atoms with Crippen molar-refractivity contribution in [3.05, 3.63) is 59.6 Å². The van der Waals surface area contributed by atoms with Crippen LogP contribution in [0.25, 0.3) is 6.08 Å². The van der Waals surface area contributed by atoms with E-state index in [-0.39, 0.29) is 13.0 Å². The Morgan fingerprint density at radius 2 is 2.18 bits per heavy atom. The van der Waals surface area contributed by atoms with E-state index < -0.39 is 21.8 Å². The number of ether oxygens (including phenoxy) is 1. The number of furan rings is 1. The molecule has 150 valence electrons. The lowest BCUT2D eigenvalue weighted by Crippen LogP contribution is -2.43. The van der Waals surface area contributed by atoms with E-state index in [9.17, 15) is 18.4 Å². The van der Waals surface area contributed by atoms with Crippen molar-refractivity contribution < 1.29 is 27.6 Å². The van der Waals surface area contributed by atoms with Gasteiger partial charge in [0, 0.05) is 13.1 Å². The van der Waals surface area contributed by atoms with Gasteiger partial charge in [-0.3, -0.25) is 10.0 Å². The van der Waals surface area contributed by atoms with Gasteiger partial charge in [-0.2, -0.15) is 4.31 Å². The van der Waals surface area contributed by atoms with Crippen LogP contribution in [0, 0.1) is 0 Å². The number of amides is 1. The average Bonchev–Trinajstić information content (AvgIpc) is 3.23. The molecule has 0 saturated heterocycles. The van der Waals surface area contributed by atoms with Crippen molar-refractivity contribution in [1.29, 1.82) is 0 Å². The third-order valence-electron chi connectivity index (χ3n) is 4.64. The van der Waals surface area contributed by atoms with Gasteiger partial charge >= 0.3 is 0 Å². The Balaban J connectivity index is 1.77. The standard InChI is InChI=1S/C19H22N2O6S/c1-26-19-6-4-15-8-9-20(12-16(15)11-19)28(24,25)13-17(21(23)14-22)5-7-18-3-2-10-27-18/h2-7,10-11,14,17,23H,8-9,12-13H2,1H3. The van der Waals surface area contributed by atoms with Crippen molar-refractivity contribution in [2.24, 2.45) is 0 Å². The molecule has 1 amide bonds. The molecule has 1 atom stereocenters. The molecule has 0 saturated carbocycles. The molecule has 3 rings (SSSR count). The molecule has 8 nitrogen and oxygen atoms in total. The van der Waals surface area contributed by atoms with Crippen LogP contribution < -0.4 is 4.74 Å². The molecule has 2 aromatic rings. The molecule has 1 unspecified atom stereocenters. The summed E-state index contributed by atoms with van der Waals surface area (Å²) in [6.07, 6.45) is 5.18. The van der Waals surface area contributed by atoms with Crippen molar-refractivity contribution in [1.82, 2.24) is 9.37 Å². The summed E-state index contributed by atoms with van der Waals surface area (Å²) < 4.78 is 37.6. The molecule has 0 aliphatic carbocycles. The maximum atomic E-state index is 12.9. The molecule has 0 fully saturated rings. The van der Waals surface area contributed by atoms with Crippen molar-refractivity contribution >= 4 is 22.5 Å². The summed E-state index contributed by atoms with van der Waals surface area (Å²) >= 11 is 0. The van der Waals surface area contributed by atoms with Crippen LogP contribution in [0.1, 0.15) is 16.9 Å². The van der Waals surface area contributed by atoms with Gasteiger partial charge in [0.15, 0.2) is 0 Å². The number of fused-ring (bicyclic) bond motifs is 1. The quantitative estimate of drug-likeness (QED) is 0.408. The molecule has 0 bridgehead atoms. The van der Waals surface area contributed by atoms with Crippen LogP contribution in [0.4, 0.5) is 0 Å². The van der Waals surface area contributed by atoms with E-state index >= 15 is 0 Å². The van der Waals surface area contributed by atoms with Gasteiger partial charge in [-0.25, -0.2) is 13.5 Å². The fourth-order valence-electron chi connectivity index (χ4n) is 3.08. The number of carbonyl (C=O) groups is 1. The number of hydroxylamine groups is 2. The lowest BCUT2D eigenvalue weighted by Gasteiger charge is -2.30. The van der Waals surface area contributed by atoms with Crippen LogP contribution in [-0.2, 0) is 27.8 Å². The molecule has 1 aliphatic heterocycles. The molecule has 2 heterocycles. The molecular formula is C19H22N2O6S. The summed E-state index contributed by atoms with van der Waals surface area (Å²) in [7, 11) is -2.18. The van der Waals surface area contributed by atoms with Crippen molar-refractivity contribution in [3.63, 3.8) is 0 Å². The molecule has 1 aromatic carbocycles. The molecule has 1 aliphatic rings. The van der Waals surface area contributed by atoms with Gasteiger partial charge in [-0.1, -0.05) is 12.1 Å². The highest BCUT2D eigenvalue weighted by atomic mass is 32.2. The fourth-order valence-corrected chi connectivity index (χ4v) is 4.69. The highest BCUT2D eigenvalue weighted by Gasteiger charge is 2.30. The molecule has 28 heavy (non-hydrogen) atoms. The van der Waals surface area contributed by atoms with Crippen LogP contribution in [0.5, 0.6) is 5.75 Å². The summed E-state index contributed by atoms with van der Waals surface area (Å²) in [6.45, 7) is 0.554. The third kappa shape index (κ3) is 4.61. The van der Waals surface area contributed by atoms with Gasteiger partial charge < -0.3 is 9.15 Å². The van der Waals surface area contributed by atoms with Gasteiger partial charge in [0.2, 0.25) is 16.4 Å². The maximum absolute atomic E-state index is 12.9. The SMILES string of the molecule is COc1ccc2c(c1)CN(S(=O)(=O)CC(C=Cc1ccco1)N(O)C=O)CC2. The smallest absolute Gasteiger partial charge is 0.233 e. The Kier molecular flexibility index (Phi) is 6.18. The third-order valence-corrected chi connectivity index (χ3v) is 6.50. The summed E-state index contributed by atoms with van der Waals surface area (Å²) in [5.41, 5.74) is 1.96. The second kappa shape index (κ2) is 8.59. The fraction of sp³-hybridized carbons (Fsp3) is 0.316. The second-order valence-electron chi connectivity index (χ2n) is 6.42. The van der Waals surface area contributed by atoms with E-state index in [2.05, 4.69) is 0 Å². The number of hydrogen-bond acceptors (Lipinski definition) is 6. The largest absolute Gasteiger partial charge is 0.497 e. The minimum atomic E-state index is -3.74. The van der Waals surface area contributed by atoms with E-state index in [0.717, 1.165) is 11.1 Å². The van der Waals surface area contributed by atoms with E-state index in [1.54, 1.807) is 19.2 Å². The number of rotatable bonds is 8. The Morgan fingerprint density at radius 1 is 1.36 bits per heavy atom. The summed E-state index contributed by atoms with van der Waals surface area (Å²) in [4.78, 5) is 11.0. The Morgan fingerprint density at radius 3 is 2.86 bits per heavy atom. The first-order chi connectivity index (χ1) is 13.4. The lowest BCUT2D eigenvalue weighted by molar-refractivity contribution is -0.154. The Hall–Kier alpha value is -2.62. The van der Waals surface area contributed by atoms with Crippen LogP contribution in [0.15, 0.2) is 47.1 Å². The zero-order valence-electron chi connectivity index (χ0n) is 15.4. The normalized spacial score (nSPS) is 15.9. The predicted molar refractivity (Wildman–Crippen MR) is 102 cm³/mol. The molecule has 1 N–H and O–H groups in total. The lowest BCUT2D eigenvalue weighted by atomic mass is 10.0. The Labute approximate surface area is 163 Å². The maximum Gasteiger partial charge on any atom is 0.233 e. The number of benzene rings is 1. The zero-order valence-corrected chi connectivity index (χ0v) is 16.2. The number of methoxy groups -OCH3 is 1. The first kappa shape index (κ1) is 20.1. The van der Waals surface area contributed by atoms with E-state index in [1.165, 1.54) is 22.7 Å². The first-order valence-electron chi connectivity index (χ1n) is 8.71. The number of carbonyl (C=O) groups excluding carboxylic acids is 1. The van der Waals surface area contributed by atoms with Crippen LogP contribution >= 0.6 is 0 Å². The predicted octanol–water partition coefficient (Wildman–Crippen LogP) is 1.91. The summed E-state index contributed by atoms with van der Waals surface area (Å²) in [5, 5.41) is 10.2. The van der Waals surface area contributed by atoms with Gasteiger partial charge in [-0.05, 0) is 47.9 Å². The van der Waals surface area contributed by atoms with Crippen molar-refractivity contribution in [2.45, 2.75) is 19.0 Å². The Bertz CT molecular complexity index is 939. The van der Waals surface area contributed by atoms with E-state index in [4.69, 9.17) is 9.15 Å². The summed E-state index contributed by atoms with van der Waals surface area (Å²) in [6, 6.07) is 7.94. The molecule has 0 radical (unpaired) electrons. The van der Waals surface area contributed by atoms with Gasteiger partial charge in [0.05, 0.1) is 25.2 Å². The molecular weight excluding hydrogens is 384 g/mol. The first-order valence-corrected chi connectivity index (χ1v) is 10.3. The van der Waals surface area contributed by atoms with E-state index in [0.29, 0.717) is 29.5 Å². The zero-order chi connectivity index (χ0) is 20.1.